The second-order valence-corrected chi connectivity index (χ2v) is 5.32. The zero-order valence-corrected chi connectivity index (χ0v) is 11.9. The molecule has 0 aliphatic carbocycles. The van der Waals surface area contributed by atoms with Crippen LogP contribution in [0.3, 0.4) is 0 Å². The molecule has 21 heavy (non-hydrogen) atoms. The average molecular weight is 300 g/mol. The molecule has 1 aromatic heterocycles. The summed E-state index contributed by atoms with van der Waals surface area (Å²) >= 11 is 0. The minimum absolute atomic E-state index is 0.0552. The molecule has 0 aromatic carbocycles. The maximum Gasteiger partial charge on any atom is 0.323 e. The normalized spacial score (nSPS) is 30.6. The molecular formula is C12H20N4O5. The summed E-state index contributed by atoms with van der Waals surface area (Å²) in [7, 11) is 0. The number of carbonyl (C=O) groups is 1. The first kappa shape index (κ1) is 15.8. The SMILES string of the molecule is CC(C)[C@H](N)C(=O)OC[C@@H]1O[C@H](n2cncn2)[C@@H](O)[C@H]1O. The van der Waals surface area contributed by atoms with E-state index in [0.717, 1.165) is 0 Å². The maximum absolute atomic E-state index is 11.7. The quantitative estimate of drug-likeness (QED) is 0.555. The van der Waals surface area contributed by atoms with Gasteiger partial charge >= 0.3 is 5.97 Å². The number of nitrogens with zero attached hydrogens (tertiary/aromatic N) is 3. The van der Waals surface area contributed by atoms with Crippen molar-refractivity contribution in [3.63, 3.8) is 0 Å². The Labute approximate surface area is 121 Å². The van der Waals surface area contributed by atoms with E-state index in [9.17, 15) is 15.0 Å². The van der Waals surface area contributed by atoms with Crippen LogP contribution in [0.15, 0.2) is 12.7 Å². The third kappa shape index (κ3) is 3.38. The summed E-state index contributed by atoms with van der Waals surface area (Å²) in [6.07, 6.45) is -1.44. The Morgan fingerprint density at radius 1 is 1.48 bits per heavy atom. The van der Waals surface area contributed by atoms with E-state index in [4.69, 9.17) is 15.2 Å². The van der Waals surface area contributed by atoms with Crippen molar-refractivity contribution < 1.29 is 24.5 Å². The van der Waals surface area contributed by atoms with Gasteiger partial charge in [-0.3, -0.25) is 4.79 Å². The van der Waals surface area contributed by atoms with E-state index < -0.39 is 36.6 Å². The molecule has 0 amide bonds. The summed E-state index contributed by atoms with van der Waals surface area (Å²) in [5.41, 5.74) is 5.66. The third-order valence-corrected chi connectivity index (χ3v) is 3.41. The molecule has 118 valence electrons. The van der Waals surface area contributed by atoms with Gasteiger partial charge in [-0.15, -0.1) is 0 Å². The second kappa shape index (κ2) is 6.48. The van der Waals surface area contributed by atoms with E-state index in [2.05, 4.69) is 10.1 Å². The van der Waals surface area contributed by atoms with Crippen molar-refractivity contribution in [3.8, 4) is 0 Å². The van der Waals surface area contributed by atoms with Crippen LogP contribution in [0.5, 0.6) is 0 Å². The fraction of sp³-hybridized carbons (Fsp3) is 0.750. The van der Waals surface area contributed by atoms with Crippen LogP contribution in [0, 0.1) is 5.92 Å². The van der Waals surface area contributed by atoms with Crippen molar-refractivity contribution in [2.24, 2.45) is 11.7 Å². The van der Waals surface area contributed by atoms with Crippen molar-refractivity contribution in [1.82, 2.24) is 14.8 Å². The minimum Gasteiger partial charge on any atom is -0.462 e. The Kier molecular flexibility index (Phi) is 4.88. The van der Waals surface area contributed by atoms with Gasteiger partial charge in [0.1, 0.15) is 43.6 Å². The highest BCUT2D eigenvalue weighted by atomic mass is 16.6. The van der Waals surface area contributed by atoms with Crippen LogP contribution in [0.1, 0.15) is 20.1 Å². The number of carbonyl (C=O) groups excluding carboxylic acids is 1. The van der Waals surface area contributed by atoms with Crippen molar-refractivity contribution in [3.05, 3.63) is 12.7 Å². The predicted octanol–water partition coefficient (Wildman–Crippen LogP) is -1.58. The lowest BCUT2D eigenvalue weighted by Gasteiger charge is -2.18. The number of hydrogen-bond donors (Lipinski definition) is 3. The number of rotatable bonds is 5. The summed E-state index contributed by atoms with van der Waals surface area (Å²) in [6.45, 7) is 3.41. The van der Waals surface area contributed by atoms with Crippen LogP contribution < -0.4 is 5.73 Å². The highest BCUT2D eigenvalue weighted by Gasteiger charge is 2.44. The monoisotopic (exact) mass is 300 g/mol. The first-order valence-corrected chi connectivity index (χ1v) is 6.69. The number of esters is 1. The summed E-state index contributed by atoms with van der Waals surface area (Å²) in [5, 5.41) is 23.7. The van der Waals surface area contributed by atoms with E-state index >= 15 is 0 Å². The van der Waals surface area contributed by atoms with Crippen LogP contribution in [-0.4, -0.2) is 61.9 Å². The van der Waals surface area contributed by atoms with Crippen LogP contribution in [0.25, 0.3) is 0 Å². The molecule has 9 heteroatoms. The fourth-order valence-corrected chi connectivity index (χ4v) is 1.97. The number of ether oxygens (including phenoxy) is 2. The number of hydrogen-bond acceptors (Lipinski definition) is 8. The maximum atomic E-state index is 11.7. The summed E-state index contributed by atoms with van der Waals surface area (Å²) < 4.78 is 11.8. The van der Waals surface area contributed by atoms with E-state index in [1.54, 1.807) is 13.8 Å². The van der Waals surface area contributed by atoms with E-state index in [-0.39, 0.29) is 12.5 Å². The standard InChI is InChI=1S/C12H20N4O5/c1-6(2)8(13)12(19)20-3-7-9(17)10(18)11(21-7)16-5-14-4-15-16/h4-11,17-18H,3,13H2,1-2H3/t7-,8-,9-,10-,11-/m0/s1. The Hall–Kier alpha value is -1.55. The molecule has 2 heterocycles. The van der Waals surface area contributed by atoms with Gasteiger partial charge in [0.25, 0.3) is 0 Å². The molecule has 4 N–H and O–H groups in total. The molecule has 0 saturated carbocycles. The predicted molar refractivity (Wildman–Crippen MR) is 69.7 cm³/mol. The lowest BCUT2D eigenvalue weighted by Crippen LogP contribution is -2.40. The van der Waals surface area contributed by atoms with Gasteiger partial charge in [-0.1, -0.05) is 13.8 Å². The lowest BCUT2D eigenvalue weighted by molar-refractivity contribution is -0.152. The molecule has 1 aliphatic heterocycles. The summed E-state index contributed by atoms with van der Waals surface area (Å²) in [6, 6.07) is -0.736. The molecule has 1 fully saturated rings. The van der Waals surface area contributed by atoms with Crippen molar-refractivity contribution in [1.29, 1.82) is 0 Å². The topological polar surface area (TPSA) is 133 Å². The number of nitrogens with two attached hydrogens (primary N) is 1. The molecule has 5 atom stereocenters. The van der Waals surface area contributed by atoms with Gasteiger partial charge in [-0.05, 0) is 5.92 Å². The van der Waals surface area contributed by atoms with Crippen LogP contribution >= 0.6 is 0 Å². The van der Waals surface area contributed by atoms with Crippen LogP contribution in [0.2, 0.25) is 0 Å². The van der Waals surface area contributed by atoms with Gasteiger partial charge in [0.2, 0.25) is 0 Å². The minimum atomic E-state index is -1.19. The molecule has 9 nitrogen and oxygen atoms in total. The van der Waals surface area contributed by atoms with E-state index in [1.165, 1.54) is 17.3 Å². The van der Waals surface area contributed by atoms with Gasteiger partial charge in [0.15, 0.2) is 6.23 Å². The molecular weight excluding hydrogens is 280 g/mol. The average Bonchev–Trinajstić information content (AvgIpc) is 3.06. The van der Waals surface area contributed by atoms with Gasteiger partial charge in [-0.2, -0.15) is 5.10 Å². The Balaban J connectivity index is 1.91. The lowest BCUT2D eigenvalue weighted by atomic mass is 10.1. The van der Waals surface area contributed by atoms with Crippen LogP contribution in [-0.2, 0) is 14.3 Å². The van der Waals surface area contributed by atoms with Gasteiger partial charge in [0.05, 0.1) is 0 Å². The van der Waals surface area contributed by atoms with Crippen molar-refractivity contribution in [2.75, 3.05) is 6.61 Å². The molecule has 2 rings (SSSR count). The smallest absolute Gasteiger partial charge is 0.323 e. The Morgan fingerprint density at radius 2 is 2.19 bits per heavy atom. The molecule has 0 spiro atoms. The van der Waals surface area contributed by atoms with Gasteiger partial charge in [-0.25, -0.2) is 9.67 Å². The molecule has 0 unspecified atom stereocenters. The van der Waals surface area contributed by atoms with Gasteiger partial charge in [0, 0.05) is 0 Å². The second-order valence-electron chi connectivity index (χ2n) is 5.32. The molecule has 1 aromatic rings. The van der Waals surface area contributed by atoms with Crippen LogP contribution in [0.4, 0.5) is 0 Å². The Bertz CT molecular complexity index is 466. The third-order valence-electron chi connectivity index (χ3n) is 3.41. The molecule has 1 saturated heterocycles. The van der Waals surface area contributed by atoms with E-state index in [0.29, 0.717) is 0 Å². The highest BCUT2D eigenvalue weighted by molar-refractivity contribution is 5.75. The zero-order chi connectivity index (χ0) is 15.6. The first-order valence-electron chi connectivity index (χ1n) is 6.69. The number of aromatic nitrogens is 3. The largest absolute Gasteiger partial charge is 0.462 e. The molecule has 1 aliphatic rings. The molecule has 0 bridgehead atoms. The van der Waals surface area contributed by atoms with Gasteiger partial charge < -0.3 is 25.4 Å². The van der Waals surface area contributed by atoms with Crippen molar-refractivity contribution in [2.45, 2.75) is 44.4 Å². The summed E-state index contributed by atoms with van der Waals surface area (Å²) in [5.74, 6) is -0.625. The van der Waals surface area contributed by atoms with E-state index in [1.807, 2.05) is 0 Å². The molecule has 0 radical (unpaired) electrons. The highest BCUT2D eigenvalue weighted by Crippen LogP contribution is 2.28. The van der Waals surface area contributed by atoms with Crippen molar-refractivity contribution >= 4 is 5.97 Å². The summed E-state index contributed by atoms with van der Waals surface area (Å²) in [4.78, 5) is 15.4. The first-order chi connectivity index (χ1) is 9.91. The zero-order valence-electron chi connectivity index (χ0n) is 11.9. The fourth-order valence-electron chi connectivity index (χ4n) is 1.97. The number of aliphatic hydroxyl groups is 2. The Morgan fingerprint density at radius 3 is 2.76 bits per heavy atom. The number of aliphatic hydroxyl groups excluding tert-OH is 2.